The Labute approximate surface area is 173 Å². The Kier molecular flexibility index (Phi) is 5.55. The number of ether oxygens (including phenoxy) is 1. The molecule has 0 amide bonds. The summed E-state index contributed by atoms with van der Waals surface area (Å²) < 4.78 is 21.7. The van der Waals surface area contributed by atoms with Gasteiger partial charge < -0.3 is 9.64 Å². The molecule has 3 heterocycles. The van der Waals surface area contributed by atoms with Crippen LogP contribution in [-0.2, 0) is 11.8 Å². The molecule has 1 atom stereocenters. The predicted octanol–water partition coefficient (Wildman–Crippen LogP) is 2.82. The minimum Gasteiger partial charge on any atom is -0.372 e. The van der Waals surface area contributed by atoms with E-state index in [9.17, 15) is 9.18 Å². The fourth-order valence-electron chi connectivity index (χ4n) is 3.51. The summed E-state index contributed by atoms with van der Waals surface area (Å²) in [6.45, 7) is 1.69. The molecule has 1 fully saturated rings. The number of pyridine rings is 1. The molecule has 0 aliphatic carbocycles. The van der Waals surface area contributed by atoms with E-state index >= 15 is 0 Å². The second-order valence-corrected chi connectivity index (χ2v) is 7.09. The van der Waals surface area contributed by atoms with Crippen molar-refractivity contribution in [2.75, 3.05) is 24.6 Å². The van der Waals surface area contributed by atoms with Gasteiger partial charge in [0.05, 0.1) is 30.1 Å². The molecule has 1 aromatic carbocycles. The highest BCUT2D eigenvalue weighted by Gasteiger charge is 2.24. The standard InChI is InChI=1S/C22H20FN5O2/c1-27-21(29)11-19(17-7-8-25-13-18(17)23)26-22(27)28-9-2-10-30-20(14-28)16-5-3-15(12-24)4-6-16/h3-8,11,13,20H,2,9-10,14H2,1H3/t20-/m0/s1. The Morgan fingerprint density at radius 1 is 1.27 bits per heavy atom. The predicted molar refractivity (Wildman–Crippen MR) is 109 cm³/mol. The van der Waals surface area contributed by atoms with Crippen LogP contribution in [0, 0.1) is 17.1 Å². The lowest BCUT2D eigenvalue weighted by Gasteiger charge is -2.26. The normalized spacial score (nSPS) is 16.7. The average molecular weight is 405 g/mol. The first kappa shape index (κ1) is 19.7. The van der Waals surface area contributed by atoms with Gasteiger partial charge in [-0.3, -0.25) is 14.3 Å². The maximum Gasteiger partial charge on any atom is 0.255 e. The summed E-state index contributed by atoms with van der Waals surface area (Å²) >= 11 is 0. The van der Waals surface area contributed by atoms with Crippen molar-refractivity contribution in [3.8, 4) is 17.3 Å². The summed E-state index contributed by atoms with van der Waals surface area (Å²) in [5, 5.41) is 9.01. The molecule has 0 radical (unpaired) electrons. The van der Waals surface area contributed by atoms with Crippen LogP contribution >= 0.6 is 0 Å². The second-order valence-electron chi connectivity index (χ2n) is 7.09. The lowest BCUT2D eigenvalue weighted by atomic mass is 10.1. The third kappa shape index (κ3) is 3.93. The molecule has 8 heteroatoms. The maximum atomic E-state index is 14.2. The van der Waals surface area contributed by atoms with E-state index in [4.69, 9.17) is 10.00 Å². The SMILES string of the molecule is Cn1c(N2CCCO[C@H](c3ccc(C#N)cc3)C2)nc(-c2ccncc2F)cc1=O. The van der Waals surface area contributed by atoms with E-state index in [0.29, 0.717) is 31.2 Å². The molecular weight excluding hydrogens is 385 g/mol. The molecule has 0 spiro atoms. The lowest BCUT2D eigenvalue weighted by Crippen LogP contribution is -2.34. The molecule has 7 nitrogen and oxygen atoms in total. The van der Waals surface area contributed by atoms with Crippen molar-refractivity contribution in [2.24, 2.45) is 7.05 Å². The Hall–Kier alpha value is -3.57. The Balaban J connectivity index is 1.70. The van der Waals surface area contributed by atoms with Gasteiger partial charge in [-0.15, -0.1) is 0 Å². The third-order valence-corrected chi connectivity index (χ3v) is 5.13. The van der Waals surface area contributed by atoms with E-state index in [1.54, 1.807) is 19.2 Å². The Morgan fingerprint density at radius 3 is 2.80 bits per heavy atom. The molecule has 2 aromatic heterocycles. The van der Waals surface area contributed by atoms with E-state index in [0.717, 1.165) is 18.2 Å². The van der Waals surface area contributed by atoms with Crippen molar-refractivity contribution >= 4 is 5.95 Å². The number of anilines is 1. The van der Waals surface area contributed by atoms with Crippen LogP contribution in [0.5, 0.6) is 0 Å². The van der Waals surface area contributed by atoms with Gasteiger partial charge in [0, 0.05) is 38.0 Å². The van der Waals surface area contributed by atoms with Gasteiger partial charge in [0.2, 0.25) is 5.95 Å². The Bertz CT molecular complexity index is 1150. The molecule has 1 saturated heterocycles. The first-order valence-electron chi connectivity index (χ1n) is 9.61. The van der Waals surface area contributed by atoms with Gasteiger partial charge >= 0.3 is 0 Å². The van der Waals surface area contributed by atoms with Crippen molar-refractivity contribution < 1.29 is 9.13 Å². The zero-order chi connectivity index (χ0) is 21.1. The minimum atomic E-state index is -0.529. The van der Waals surface area contributed by atoms with Gasteiger partial charge in [0.25, 0.3) is 5.56 Å². The monoisotopic (exact) mass is 405 g/mol. The van der Waals surface area contributed by atoms with Gasteiger partial charge in [-0.25, -0.2) is 9.37 Å². The summed E-state index contributed by atoms with van der Waals surface area (Å²) in [4.78, 5) is 22.9. The number of nitrogens with zero attached hydrogens (tertiary/aromatic N) is 5. The van der Waals surface area contributed by atoms with E-state index in [1.807, 2.05) is 17.0 Å². The van der Waals surface area contributed by atoms with Crippen LogP contribution in [0.1, 0.15) is 23.7 Å². The Morgan fingerprint density at radius 2 is 2.07 bits per heavy atom. The van der Waals surface area contributed by atoms with E-state index in [-0.39, 0.29) is 22.9 Å². The lowest BCUT2D eigenvalue weighted by molar-refractivity contribution is 0.0685. The van der Waals surface area contributed by atoms with Gasteiger partial charge in [0.15, 0.2) is 5.82 Å². The van der Waals surface area contributed by atoms with Crippen LogP contribution < -0.4 is 10.5 Å². The third-order valence-electron chi connectivity index (χ3n) is 5.13. The maximum absolute atomic E-state index is 14.2. The topological polar surface area (TPSA) is 84.0 Å². The zero-order valence-electron chi connectivity index (χ0n) is 16.5. The fourth-order valence-corrected chi connectivity index (χ4v) is 3.51. The molecular formula is C22H20FN5O2. The van der Waals surface area contributed by atoms with Crippen LogP contribution in [0.3, 0.4) is 0 Å². The van der Waals surface area contributed by atoms with Crippen molar-refractivity contribution in [1.29, 1.82) is 5.26 Å². The van der Waals surface area contributed by atoms with Crippen molar-refractivity contribution in [2.45, 2.75) is 12.5 Å². The summed E-state index contributed by atoms with van der Waals surface area (Å²) in [6.07, 6.45) is 3.10. The van der Waals surface area contributed by atoms with E-state index in [2.05, 4.69) is 16.0 Å². The fraction of sp³-hybridized carbons (Fsp3) is 0.273. The quantitative estimate of drug-likeness (QED) is 0.666. The largest absolute Gasteiger partial charge is 0.372 e. The summed E-state index contributed by atoms with van der Waals surface area (Å²) in [6, 6.07) is 12.2. The van der Waals surface area contributed by atoms with Gasteiger partial charge in [-0.05, 0) is 30.2 Å². The summed E-state index contributed by atoms with van der Waals surface area (Å²) in [7, 11) is 1.65. The minimum absolute atomic E-state index is 0.235. The molecule has 1 aliphatic rings. The molecule has 0 N–H and O–H groups in total. The van der Waals surface area contributed by atoms with Crippen LogP contribution in [0.2, 0.25) is 0 Å². The molecule has 0 bridgehead atoms. The van der Waals surface area contributed by atoms with Gasteiger partial charge in [-0.2, -0.15) is 5.26 Å². The first-order chi connectivity index (χ1) is 14.6. The molecule has 1 aliphatic heterocycles. The summed E-state index contributed by atoms with van der Waals surface area (Å²) in [5.74, 6) is -0.0725. The number of rotatable bonds is 3. The highest BCUT2D eigenvalue weighted by Crippen LogP contribution is 2.26. The molecule has 4 rings (SSSR count). The molecule has 0 saturated carbocycles. The molecule has 3 aromatic rings. The number of halogens is 1. The highest BCUT2D eigenvalue weighted by atomic mass is 19.1. The van der Waals surface area contributed by atoms with Crippen molar-refractivity contribution in [3.63, 3.8) is 0 Å². The average Bonchev–Trinajstić information content (AvgIpc) is 3.02. The number of hydrogen-bond acceptors (Lipinski definition) is 6. The molecule has 152 valence electrons. The molecule has 0 unspecified atom stereocenters. The number of aromatic nitrogens is 3. The zero-order valence-corrected chi connectivity index (χ0v) is 16.5. The number of benzene rings is 1. The van der Waals surface area contributed by atoms with Crippen molar-refractivity contribution in [1.82, 2.24) is 14.5 Å². The van der Waals surface area contributed by atoms with Crippen LogP contribution in [0.4, 0.5) is 10.3 Å². The van der Waals surface area contributed by atoms with E-state index < -0.39 is 5.82 Å². The smallest absolute Gasteiger partial charge is 0.255 e. The summed E-state index contributed by atoms with van der Waals surface area (Å²) in [5.41, 5.74) is 1.76. The first-order valence-corrected chi connectivity index (χ1v) is 9.61. The second kappa shape index (κ2) is 8.43. The van der Waals surface area contributed by atoms with E-state index in [1.165, 1.54) is 22.9 Å². The van der Waals surface area contributed by atoms with Crippen molar-refractivity contribution in [3.05, 3.63) is 76.1 Å². The van der Waals surface area contributed by atoms with Gasteiger partial charge in [-0.1, -0.05) is 12.1 Å². The van der Waals surface area contributed by atoms with Crippen LogP contribution in [-0.4, -0.2) is 34.2 Å². The number of nitriles is 1. The number of hydrogen-bond donors (Lipinski definition) is 0. The van der Waals surface area contributed by atoms with Crippen LogP contribution in [0.25, 0.3) is 11.3 Å². The highest BCUT2D eigenvalue weighted by molar-refractivity contribution is 5.60. The molecule has 30 heavy (non-hydrogen) atoms. The van der Waals surface area contributed by atoms with Crippen LogP contribution in [0.15, 0.2) is 53.6 Å². The van der Waals surface area contributed by atoms with Gasteiger partial charge in [0.1, 0.15) is 6.10 Å².